The normalized spacial score (nSPS) is 15.8. The van der Waals surface area contributed by atoms with Crippen molar-refractivity contribution >= 4 is 11.8 Å². The lowest BCUT2D eigenvalue weighted by Crippen LogP contribution is -2.18. The maximum atomic E-state index is 12.9. The number of Topliss-reactive ketones (excluding diaryl/α,β-unsaturated/α-hetero) is 1. The van der Waals surface area contributed by atoms with Crippen LogP contribution in [-0.4, -0.2) is 50.3 Å². The maximum absolute atomic E-state index is 12.9. The average Bonchev–Trinajstić information content (AvgIpc) is 3.07. The van der Waals surface area contributed by atoms with Crippen molar-refractivity contribution < 1.29 is 28.5 Å². The van der Waals surface area contributed by atoms with Gasteiger partial charge >= 0.3 is 5.97 Å². The lowest BCUT2D eigenvalue weighted by Gasteiger charge is -2.23. The predicted molar refractivity (Wildman–Crippen MR) is 112 cm³/mol. The number of H-pyrrole nitrogens is 1. The maximum Gasteiger partial charge on any atom is 0.355 e. The van der Waals surface area contributed by atoms with Gasteiger partial charge in [-0.15, -0.1) is 0 Å². The van der Waals surface area contributed by atoms with Crippen molar-refractivity contribution in [3.05, 3.63) is 46.3 Å². The molecule has 1 aliphatic rings. The number of benzene rings is 1. The standard InChI is InChI=1S/C23H29NO6/c1-13(2)29-8-9-30-23(26)22-14(3)21-17(24-22)10-16(11-18(21)25)15-6-7-19(27-4)20(12-15)28-5/h6-7,12-13,16,24H,8-11H2,1-5H3/t16-/m0/s1. The summed E-state index contributed by atoms with van der Waals surface area (Å²) in [7, 11) is 3.18. The topological polar surface area (TPSA) is 86.9 Å². The first-order valence-electron chi connectivity index (χ1n) is 10.1. The van der Waals surface area contributed by atoms with Crippen molar-refractivity contribution in [2.24, 2.45) is 0 Å². The first kappa shape index (κ1) is 21.9. The van der Waals surface area contributed by atoms with Crippen LogP contribution in [0.3, 0.4) is 0 Å². The molecule has 0 radical (unpaired) electrons. The number of rotatable bonds is 8. The van der Waals surface area contributed by atoms with Crippen LogP contribution in [0.2, 0.25) is 0 Å². The minimum Gasteiger partial charge on any atom is -0.493 e. The van der Waals surface area contributed by atoms with Crippen molar-refractivity contribution in [2.45, 2.75) is 45.6 Å². The zero-order valence-electron chi connectivity index (χ0n) is 18.2. The zero-order chi connectivity index (χ0) is 21.8. The Morgan fingerprint density at radius 2 is 1.87 bits per heavy atom. The Bertz CT molecular complexity index is 930. The number of nitrogens with one attached hydrogen (secondary N) is 1. The lowest BCUT2D eigenvalue weighted by atomic mass is 9.81. The monoisotopic (exact) mass is 415 g/mol. The largest absolute Gasteiger partial charge is 0.493 e. The van der Waals surface area contributed by atoms with E-state index < -0.39 is 5.97 Å². The summed E-state index contributed by atoms with van der Waals surface area (Å²) in [6.07, 6.45) is 1.08. The number of ether oxygens (including phenoxy) is 4. The third kappa shape index (κ3) is 4.51. The Balaban J connectivity index is 1.78. The second-order valence-corrected chi connectivity index (χ2v) is 7.68. The number of esters is 1. The molecule has 0 unspecified atom stereocenters. The summed E-state index contributed by atoms with van der Waals surface area (Å²) < 4.78 is 21.4. The molecule has 0 saturated carbocycles. The Morgan fingerprint density at radius 3 is 2.53 bits per heavy atom. The minimum absolute atomic E-state index is 0.00818. The van der Waals surface area contributed by atoms with E-state index in [-0.39, 0.29) is 24.4 Å². The summed E-state index contributed by atoms with van der Waals surface area (Å²) in [6.45, 7) is 6.13. The average molecular weight is 415 g/mol. The molecular formula is C23H29NO6. The van der Waals surface area contributed by atoms with Gasteiger partial charge in [-0.1, -0.05) is 6.07 Å². The quantitative estimate of drug-likeness (QED) is 0.521. The minimum atomic E-state index is -0.468. The number of hydrogen-bond donors (Lipinski definition) is 1. The van der Waals surface area contributed by atoms with Crippen LogP contribution in [0.4, 0.5) is 0 Å². The predicted octanol–water partition coefficient (Wildman–Crippen LogP) is 3.83. The molecule has 3 rings (SSSR count). The highest BCUT2D eigenvalue weighted by molar-refractivity contribution is 6.03. The Labute approximate surface area is 176 Å². The second kappa shape index (κ2) is 9.34. The van der Waals surface area contributed by atoms with Gasteiger partial charge in [-0.2, -0.15) is 0 Å². The van der Waals surface area contributed by atoms with Gasteiger partial charge in [0.2, 0.25) is 0 Å². The lowest BCUT2D eigenvalue weighted by molar-refractivity contribution is 0.0172. The number of aromatic nitrogens is 1. The van der Waals surface area contributed by atoms with Crippen LogP contribution in [0, 0.1) is 6.92 Å². The molecule has 1 N–H and O–H groups in total. The summed E-state index contributed by atoms with van der Waals surface area (Å²) in [5.41, 5.74) is 3.36. The van der Waals surface area contributed by atoms with Gasteiger partial charge < -0.3 is 23.9 Å². The van der Waals surface area contributed by atoms with Gasteiger partial charge in [0.15, 0.2) is 17.3 Å². The molecule has 0 spiro atoms. The molecule has 0 saturated heterocycles. The Hall–Kier alpha value is -2.80. The number of ketones is 1. The molecular weight excluding hydrogens is 386 g/mol. The van der Waals surface area contributed by atoms with E-state index in [1.165, 1.54) is 0 Å². The van der Waals surface area contributed by atoms with Crippen LogP contribution in [0.1, 0.15) is 63.9 Å². The molecule has 0 aliphatic heterocycles. The van der Waals surface area contributed by atoms with Crippen LogP contribution < -0.4 is 9.47 Å². The first-order valence-corrected chi connectivity index (χ1v) is 10.1. The number of methoxy groups -OCH3 is 2. The summed E-state index contributed by atoms with van der Waals surface area (Å²) >= 11 is 0. The van der Waals surface area contributed by atoms with E-state index >= 15 is 0 Å². The number of hydrogen-bond acceptors (Lipinski definition) is 6. The van der Waals surface area contributed by atoms with Crippen molar-refractivity contribution in [3.63, 3.8) is 0 Å². The molecule has 0 amide bonds. The molecule has 1 aromatic heterocycles. The molecule has 2 aromatic rings. The molecule has 7 nitrogen and oxygen atoms in total. The SMILES string of the molecule is COc1ccc([C@@H]2CC(=O)c3c([nH]c(C(=O)OCCOC(C)C)c3C)C2)cc1OC. The van der Waals surface area contributed by atoms with Gasteiger partial charge in [0.25, 0.3) is 0 Å². The van der Waals surface area contributed by atoms with Gasteiger partial charge in [0, 0.05) is 17.7 Å². The van der Waals surface area contributed by atoms with Crippen molar-refractivity contribution in [2.75, 3.05) is 27.4 Å². The van der Waals surface area contributed by atoms with E-state index in [1.807, 2.05) is 32.0 Å². The van der Waals surface area contributed by atoms with E-state index in [1.54, 1.807) is 21.1 Å². The van der Waals surface area contributed by atoms with E-state index in [9.17, 15) is 9.59 Å². The fourth-order valence-corrected chi connectivity index (χ4v) is 3.87. The fourth-order valence-electron chi connectivity index (χ4n) is 3.87. The highest BCUT2D eigenvalue weighted by Crippen LogP contribution is 2.38. The van der Waals surface area contributed by atoms with Crippen LogP contribution in [0.15, 0.2) is 18.2 Å². The van der Waals surface area contributed by atoms with Crippen LogP contribution in [0.25, 0.3) is 0 Å². The van der Waals surface area contributed by atoms with Gasteiger partial charge in [-0.3, -0.25) is 4.79 Å². The van der Waals surface area contributed by atoms with Gasteiger partial charge in [-0.25, -0.2) is 4.79 Å². The van der Waals surface area contributed by atoms with Crippen molar-refractivity contribution in [3.8, 4) is 11.5 Å². The molecule has 1 aliphatic carbocycles. The van der Waals surface area contributed by atoms with Gasteiger partial charge in [-0.05, 0) is 56.4 Å². The third-order valence-electron chi connectivity index (χ3n) is 5.34. The number of aromatic amines is 1. The van der Waals surface area contributed by atoms with Gasteiger partial charge in [0.1, 0.15) is 12.3 Å². The highest BCUT2D eigenvalue weighted by atomic mass is 16.6. The van der Waals surface area contributed by atoms with Crippen LogP contribution in [0.5, 0.6) is 11.5 Å². The number of carbonyl (C=O) groups is 2. The number of carbonyl (C=O) groups excluding carboxylic acids is 2. The Morgan fingerprint density at radius 1 is 1.13 bits per heavy atom. The van der Waals surface area contributed by atoms with Crippen molar-refractivity contribution in [1.82, 2.24) is 4.98 Å². The van der Waals surface area contributed by atoms with Crippen LogP contribution in [-0.2, 0) is 15.9 Å². The second-order valence-electron chi connectivity index (χ2n) is 7.68. The first-order chi connectivity index (χ1) is 14.3. The molecule has 1 aromatic carbocycles. The summed E-state index contributed by atoms with van der Waals surface area (Å²) in [5, 5.41) is 0. The fraction of sp³-hybridized carbons (Fsp3) is 0.478. The molecule has 0 fully saturated rings. The van der Waals surface area contributed by atoms with Crippen molar-refractivity contribution in [1.29, 1.82) is 0 Å². The highest BCUT2D eigenvalue weighted by Gasteiger charge is 2.32. The summed E-state index contributed by atoms with van der Waals surface area (Å²) in [5.74, 6) is 0.818. The molecule has 1 atom stereocenters. The molecule has 0 bridgehead atoms. The van der Waals surface area contributed by atoms with E-state index in [0.717, 1.165) is 11.3 Å². The summed E-state index contributed by atoms with van der Waals surface area (Å²) in [6, 6.07) is 5.70. The molecule has 30 heavy (non-hydrogen) atoms. The van der Waals surface area contributed by atoms with Crippen LogP contribution >= 0.6 is 0 Å². The van der Waals surface area contributed by atoms with E-state index in [4.69, 9.17) is 18.9 Å². The smallest absolute Gasteiger partial charge is 0.355 e. The van der Waals surface area contributed by atoms with Gasteiger partial charge in [0.05, 0.1) is 26.9 Å². The third-order valence-corrected chi connectivity index (χ3v) is 5.34. The van der Waals surface area contributed by atoms with E-state index in [2.05, 4.69) is 4.98 Å². The van der Waals surface area contributed by atoms with E-state index in [0.29, 0.717) is 47.8 Å². The molecule has 1 heterocycles. The zero-order valence-corrected chi connectivity index (χ0v) is 18.2. The Kier molecular flexibility index (Phi) is 6.82. The molecule has 162 valence electrons. The number of fused-ring (bicyclic) bond motifs is 1. The molecule has 7 heteroatoms. The summed E-state index contributed by atoms with van der Waals surface area (Å²) in [4.78, 5) is 28.5.